The topological polar surface area (TPSA) is 71.1 Å². The number of nitrogens with zero attached hydrogens (tertiary/aromatic N) is 1. The lowest BCUT2D eigenvalue weighted by Crippen LogP contribution is -2.14. The molecule has 0 radical (unpaired) electrons. The van der Waals surface area contributed by atoms with Crippen molar-refractivity contribution in [3.8, 4) is 0 Å². The molecular weight excluding hydrogens is 273 g/mol. The SMILES string of the molecule is CCC(=O)Nc1ccc(NC(=O)c2ccccc2F)cn1. The van der Waals surface area contributed by atoms with Crippen LogP contribution in [0, 0.1) is 5.82 Å². The number of aromatic nitrogens is 1. The first-order valence-corrected chi connectivity index (χ1v) is 6.42. The van der Waals surface area contributed by atoms with Gasteiger partial charge < -0.3 is 10.6 Å². The van der Waals surface area contributed by atoms with Gasteiger partial charge in [0.25, 0.3) is 5.91 Å². The fraction of sp³-hybridized carbons (Fsp3) is 0.133. The zero-order chi connectivity index (χ0) is 15.2. The Labute approximate surface area is 121 Å². The molecule has 5 nitrogen and oxygen atoms in total. The number of hydrogen-bond acceptors (Lipinski definition) is 3. The number of carbonyl (C=O) groups is 2. The van der Waals surface area contributed by atoms with Crippen LogP contribution >= 0.6 is 0 Å². The smallest absolute Gasteiger partial charge is 0.258 e. The van der Waals surface area contributed by atoms with Gasteiger partial charge in [0, 0.05) is 6.42 Å². The highest BCUT2D eigenvalue weighted by molar-refractivity contribution is 6.04. The van der Waals surface area contributed by atoms with E-state index in [9.17, 15) is 14.0 Å². The van der Waals surface area contributed by atoms with Crippen molar-refractivity contribution >= 4 is 23.3 Å². The predicted molar refractivity (Wildman–Crippen MR) is 77.5 cm³/mol. The van der Waals surface area contributed by atoms with Crippen molar-refractivity contribution in [3.63, 3.8) is 0 Å². The minimum atomic E-state index is -0.588. The number of rotatable bonds is 4. The summed E-state index contributed by atoms with van der Waals surface area (Å²) >= 11 is 0. The van der Waals surface area contributed by atoms with E-state index in [-0.39, 0.29) is 11.5 Å². The van der Waals surface area contributed by atoms with E-state index < -0.39 is 11.7 Å². The average Bonchev–Trinajstić information content (AvgIpc) is 2.49. The summed E-state index contributed by atoms with van der Waals surface area (Å²) in [7, 11) is 0. The van der Waals surface area contributed by atoms with Crippen molar-refractivity contribution < 1.29 is 14.0 Å². The Morgan fingerprint density at radius 2 is 1.90 bits per heavy atom. The summed E-state index contributed by atoms with van der Waals surface area (Å²) in [5.74, 6) is -0.897. The van der Waals surface area contributed by atoms with Crippen LogP contribution in [-0.4, -0.2) is 16.8 Å². The maximum absolute atomic E-state index is 13.5. The highest BCUT2D eigenvalue weighted by Crippen LogP contribution is 2.13. The van der Waals surface area contributed by atoms with Gasteiger partial charge in [-0.05, 0) is 24.3 Å². The third-order valence-electron chi connectivity index (χ3n) is 2.73. The molecule has 0 aliphatic carbocycles. The van der Waals surface area contributed by atoms with Gasteiger partial charge in [-0.15, -0.1) is 0 Å². The van der Waals surface area contributed by atoms with E-state index in [2.05, 4.69) is 15.6 Å². The normalized spacial score (nSPS) is 10.0. The molecule has 1 heterocycles. The molecule has 1 aromatic carbocycles. The molecule has 21 heavy (non-hydrogen) atoms. The van der Waals surface area contributed by atoms with Crippen molar-refractivity contribution in [1.82, 2.24) is 4.98 Å². The Morgan fingerprint density at radius 1 is 1.14 bits per heavy atom. The molecule has 2 rings (SSSR count). The summed E-state index contributed by atoms with van der Waals surface area (Å²) in [5.41, 5.74) is 0.374. The van der Waals surface area contributed by atoms with Crippen LogP contribution in [0.1, 0.15) is 23.7 Å². The Bertz CT molecular complexity index is 656. The summed E-state index contributed by atoms with van der Waals surface area (Å²) in [6.45, 7) is 1.73. The predicted octanol–water partition coefficient (Wildman–Crippen LogP) is 2.82. The van der Waals surface area contributed by atoms with E-state index in [1.165, 1.54) is 24.4 Å². The zero-order valence-corrected chi connectivity index (χ0v) is 11.4. The molecule has 108 valence electrons. The molecule has 0 aliphatic rings. The van der Waals surface area contributed by atoms with Crippen LogP contribution in [0.15, 0.2) is 42.6 Å². The number of nitrogens with one attached hydrogen (secondary N) is 2. The molecule has 2 amide bonds. The highest BCUT2D eigenvalue weighted by atomic mass is 19.1. The van der Waals surface area contributed by atoms with Gasteiger partial charge in [0.2, 0.25) is 5.91 Å². The first-order valence-electron chi connectivity index (χ1n) is 6.42. The number of hydrogen-bond donors (Lipinski definition) is 2. The van der Waals surface area contributed by atoms with Crippen molar-refractivity contribution in [2.45, 2.75) is 13.3 Å². The van der Waals surface area contributed by atoms with Crippen molar-refractivity contribution in [3.05, 3.63) is 54.0 Å². The quantitative estimate of drug-likeness (QED) is 0.908. The Balaban J connectivity index is 2.05. The van der Waals surface area contributed by atoms with Crippen molar-refractivity contribution in [2.75, 3.05) is 10.6 Å². The molecule has 1 aromatic heterocycles. The maximum Gasteiger partial charge on any atom is 0.258 e. The number of amides is 2. The number of pyridine rings is 1. The molecule has 2 aromatic rings. The van der Waals surface area contributed by atoms with Crippen molar-refractivity contribution in [2.24, 2.45) is 0 Å². The van der Waals surface area contributed by atoms with Gasteiger partial charge in [0.1, 0.15) is 11.6 Å². The summed E-state index contributed by atoms with van der Waals surface area (Å²) < 4.78 is 13.5. The lowest BCUT2D eigenvalue weighted by Gasteiger charge is -2.07. The minimum Gasteiger partial charge on any atom is -0.320 e. The molecule has 0 saturated carbocycles. The van der Waals surface area contributed by atoms with Gasteiger partial charge in [0.15, 0.2) is 0 Å². The molecule has 0 atom stereocenters. The van der Waals surface area contributed by atoms with Gasteiger partial charge in [-0.2, -0.15) is 0 Å². The van der Waals surface area contributed by atoms with E-state index >= 15 is 0 Å². The van der Waals surface area contributed by atoms with Crippen LogP contribution in [0.2, 0.25) is 0 Å². The maximum atomic E-state index is 13.5. The molecule has 6 heteroatoms. The summed E-state index contributed by atoms with van der Waals surface area (Å²) in [4.78, 5) is 27.1. The molecule has 0 bridgehead atoms. The third-order valence-corrected chi connectivity index (χ3v) is 2.73. The molecule has 0 aliphatic heterocycles. The fourth-order valence-electron chi connectivity index (χ4n) is 1.62. The van der Waals surface area contributed by atoms with E-state index in [1.807, 2.05) is 0 Å². The van der Waals surface area contributed by atoms with Crippen LogP contribution in [0.25, 0.3) is 0 Å². The first-order chi connectivity index (χ1) is 10.1. The van der Waals surface area contributed by atoms with Gasteiger partial charge in [-0.3, -0.25) is 9.59 Å². The molecule has 0 saturated heterocycles. The lowest BCUT2D eigenvalue weighted by molar-refractivity contribution is -0.115. The van der Waals surface area contributed by atoms with Crippen LogP contribution in [0.4, 0.5) is 15.9 Å². The largest absolute Gasteiger partial charge is 0.320 e. The van der Waals surface area contributed by atoms with Crippen molar-refractivity contribution in [1.29, 1.82) is 0 Å². The third kappa shape index (κ3) is 3.85. The first kappa shape index (κ1) is 14.6. The fourth-order valence-corrected chi connectivity index (χ4v) is 1.62. The van der Waals surface area contributed by atoms with E-state index in [0.717, 1.165) is 0 Å². The molecule has 0 spiro atoms. The molecular formula is C15H14FN3O2. The van der Waals surface area contributed by atoms with Crippen LogP contribution in [-0.2, 0) is 4.79 Å². The summed E-state index contributed by atoms with van der Waals surface area (Å²) in [6.07, 6.45) is 1.75. The second-order valence-corrected chi connectivity index (χ2v) is 4.27. The van der Waals surface area contributed by atoms with Gasteiger partial charge in [-0.25, -0.2) is 9.37 Å². The standard InChI is InChI=1S/C15H14FN3O2/c1-2-14(20)19-13-8-7-10(9-17-13)18-15(21)11-5-3-4-6-12(11)16/h3-9H,2H2,1H3,(H,18,21)(H,17,19,20). The Morgan fingerprint density at radius 3 is 2.52 bits per heavy atom. The molecule has 0 fully saturated rings. The van der Waals surface area contributed by atoms with Gasteiger partial charge in [0.05, 0.1) is 17.4 Å². The Hall–Kier alpha value is -2.76. The molecule has 2 N–H and O–H groups in total. The lowest BCUT2D eigenvalue weighted by atomic mass is 10.2. The summed E-state index contributed by atoms with van der Waals surface area (Å²) in [6, 6.07) is 8.85. The van der Waals surface area contributed by atoms with E-state index in [0.29, 0.717) is 17.9 Å². The number of anilines is 2. The monoisotopic (exact) mass is 287 g/mol. The zero-order valence-electron chi connectivity index (χ0n) is 11.4. The van der Waals surface area contributed by atoms with Crippen LogP contribution < -0.4 is 10.6 Å². The summed E-state index contributed by atoms with van der Waals surface area (Å²) in [5, 5.41) is 5.13. The number of halogens is 1. The van der Waals surface area contributed by atoms with Gasteiger partial charge in [-0.1, -0.05) is 19.1 Å². The average molecular weight is 287 g/mol. The van der Waals surface area contributed by atoms with E-state index in [1.54, 1.807) is 25.1 Å². The second-order valence-electron chi connectivity index (χ2n) is 4.27. The highest BCUT2D eigenvalue weighted by Gasteiger charge is 2.11. The number of carbonyl (C=O) groups excluding carboxylic acids is 2. The van der Waals surface area contributed by atoms with Gasteiger partial charge >= 0.3 is 0 Å². The Kier molecular flexibility index (Phi) is 4.61. The number of benzene rings is 1. The van der Waals surface area contributed by atoms with Crippen LogP contribution in [0.5, 0.6) is 0 Å². The van der Waals surface area contributed by atoms with Crippen LogP contribution in [0.3, 0.4) is 0 Å². The van der Waals surface area contributed by atoms with E-state index in [4.69, 9.17) is 0 Å². The second kappa shape index (κ2) is 6.60. The minimum absolute atomic E-state index is 0.0409. The molecule has 0 unspecified atom stereocenters.